The van der Waals surface area contributed by atoms with Crippen molar-refractivity contribution in [2.45, 2.75) is 0 Å². The number of rotatable bonds is 1. The Morgan fingerprint density at radius 3 is 3.08 bits per heavy atom. The van der Waals surface area contributed by atoms with E-state index in [4.69, 9.17) is 16.3 Å². The second-order valence-corrected chi connectivity index (χ2v) is 2.68. The smallest absolute Gasteiger partial charge is 0.233 e. The van der Waals surface area contributed by atoms with Gasteiger partial charge in [-0.25, -0.2) is 4.98 Å². The molecule has 0 aliphatic heterocycles. The zero-order chi connectivity index (χ0) is 9.68. The third-order valence-corrected chi connectivity index (χ3v) is 1.56. The molecule has 0 aliphatic carbocycles. The number of nitrogens with zero attached hydrogens (tertiary/aromatic N) is 2. The molecule has 68 valence electrons. The highest BCUT2D eigenvalue weighted by molar-refractivity contribution is 7.80. The molecule has 0 saturated carbocycles. The highest BCUT2D eigenvalue weighted by atomic mass is 35.5. The average molecular weight is 215 g/mol. The number of thiol groups is 1. The lowest BCUT2D eigenvalue weighted by molar-refractivity contribution is 0.395. The molecule has 13 heavy (non-hydrogen) atoms. The van der Waals surface area contributed by atoms with E-state index in [1.54, 1.807) is 0 Å². The maximum Gasteiger partial charge on any atom is 0.233 e. The van der Waals surface area contributed by atoms with Crippen molar-refractivity contribution < 1.29 is 4.74 Å². The van der Waals surface area contributed by atoms with E-state index in [9.17, 15) is 0 Å². The van der Waals surface area contributed by atoms with Crippen molar-refractivity contribution in [1.82, 2.24) is 9.97 Å². The Morgan fingerprint density at radius 2 is 2.46 bits per heavy atom. The molecular weight excluding hydrogens is 208 g/mol. The van der Waals surface area contributed by atoms with Crippen LogP contribution in [0.3, 0.4) is 0 Å². The van der Waals surface area contributed by atoms with Crippen molar-refractivity contribution >= 4 is 24.2 Å². The molecule has 0 aromatic carbocycles. The van der Waals surface area contributed by atoms with E-state index in [-0.39, 0.29) is 5.28 Å². The number of halogens is 1. The predicted molar refractivity (Wildman–Crippen MR) is 54.3 cm³/mol. The van der Waals surface area contributed by atoms with Gasteiger partial charge in [-0.15, -0.1) is 0 Å². The first-order chi connectivity index (χ1) is 6.27. The van der Waals surface area contributed by atoms with Crippen LogP contribution >= 0.6 is 24.2 Å². The number of hydrogen-bond acceptors (Lipinski definition) is 4. The van der Waals surface area contributed by atoms with Gasteiger partial charge in [0, 0.05) is 0 Å². The maximum absolute atomic E-state index is 5.56. The van der Waals surface area contributed by atoms with Crippen LogP contribution in [0.25, 0.3) is 0 Å². The molecule has 0 fully saturated rings. The molecule has 0 N–H and O–H groups in total. The summed E-state index contributed by atoms with van der Waals surface area (Å²) in [4.78, 5) is 7.64. The minimum absolute atomic E-state index is 0.147. The molecule has 0 saturated heterocycles. The van der Waals surface area contributed by atoms with Crippen LogP contribution in [0.15, 0.2) is 6.20 Å². The summed E-state index contributed by atoms with van der Waals surface area (Å²) in [7, 11) is 1.50. The fourth-order valence-electron chi connectivity index (χ4n) is 0.722. The Balaban J connectivity index is 3.06. The van der Waals surface area contributed by atoms with E-state index in [0.717, 1.165) is 0 Å². The first-order valence-electron chi connectivity index (χ1n) is 3.44. The fourth-order valence-corrected chi connectivity index (χ4v) is 0.927. The molecule has 0 spiro atoms. The summed E-state index contributed by atoms with van der Waals surface area (Å²) in [6.45, 7) is 0. The third kappa shape index (κ3) is 2.79. The van der Waals surface area contributed by atoms with E-state index < -0.39 is 0 Å². The van der Waals surface area contributed by atoms with Crippen LogP contribution in [-0.2, 0) is 0 Å². The van der Waals surface area contributed by atoms with Crippen LogP contribution in [0.4, 0.5) is 0 Å². The zero-order valence-corrected chi connectivity index (χ0v) is 8.56. The van der Waals surface area contributed by atoms with Crippen molar-refractivity contribution in [1.29, 1.82) is 0 Å². The maximum atomic E-state index is 5.56. The number of hydrogen-bond donors (Lipinski definition) is 1. The average Bonchev–Trinajstić information content (AvgIpc) is 2.16. The molecular formula is C8H7ClN2OS. The summed E-state index contributed by atoms with van der Waals surface area (Å²) >= 11 is 9.52. The normalized spacial score (nSPS) is 8.85. The second kappa shape index (κ2) is 4.95. The van der Waals surface area contributed by atoms with E-state index >= 15 is 0 Å². The van der Waals surface area contributed by atoms with E-state index in [2.05, 4.69) is 34.4 Å². The highest BCUT2D eigenvalue weighted by Gasteiger charge is 2.02. The minimum Gasteiger partial charge on any atom is -0.480 e. The van der Waals surface area contributed by atoms with Gasteiger partial charge in [-0.3, -0.25) is 0 Å². The first-order valence-corrected chi connectivity index (χ1v) is 4.45. The standard InChI is InChI=1S/C8H7ClN2OS/c1-12-7-6(3-2-4-13)5-10-8(9)11-7/h5,13H,4H2,1H3. The van der Waals surface area contributed by atoms with Gasteiger partial charge < -0.3 is 4.74 Å². The Morgan fingerprint density at radius 1 is 1.69 bits per heavy atom. The van der Waals surface area contributed by atoms with Gasteiger partial charge in [0.25, 0.3) is 0 Å². The van der Waals surface area contributed by atoms with Gasteiger partial charge in [0.2, 0.25) is 11.2 Å². The van der Waals surface area contributed by atoms with Gasteiger partial charge in [-0.1, -0.05) is 11.8 Å². The first kappa shape index (κ1) is 10.2. The van der Waals surface area contributed by atoms with E-state index in [1.807, 2.05) is 0 Å². The summed E-state index contributed by atoms with van der Waals surface area (Å²) in [5, 5.41) is 0.147. The molecule has 0 atom stereocenters. The lowest BCUT2D eigenvalue weighted by Gasteiger charge is -2.00. The van der Waals surface area contributed by atoms with Crippen molar-refractivity contribution in [3.05, 3.63) is 17.0 Å². The SMILES string of the molecule is COc1nc(Cl)ncc1C#CCS. The highest BCUT2D eigenvalue weighted by Crippen LogP contribution is 2.14. The number of ether oxygens (including phenoxy) is 1. The summed E-state index contributed by atoms with van der Waals surface area (Å²) < 4.78 is 4.96. The summed E-state index contributed by atoms with van der Waals surface area (Å²) in [6.07, 6.45) is 1.52. The molecule has 3 nitrogen and oxygen atoms in total. The Labute approximate surface area is 86.9 Å². The molecule has 0 aliphatic rings. The fraction of sp³-hybridized carbons (Fsp3) is 0.250. The summed E-state index contributed by atoms with van der Waals surface area (Å²) in [5.41, 5.74) is 0.612. The molecule has 1 rings (SSSR count). The Bertz CT molecular complexity index is 359. The van der Waals surface area contributed by atoms with Crippen LogP contribution < -0.4 is 4.74 Å². The van der Waals surface area contributed by atoms with Crippen LogP contribution in [0.2, 0.25) is 5.28 Å². The topological polar surface area (TPSA) is 35.0 Å². The van der Waals surface area contributed by atoms with Gasteiger partial charge in [0.1, 0.15) is 5.56 Å². The Kier molecular flexibility index (Phi) is 3.87. The second-order valence-electron chi connectivity index (χ2n) is 2.02. The lowest BCUT2D eigenvalue weighted by atomic mass is 10.3. The largest absolute Gasteiger partial charge is 0.480 e. The molecule has 0 radical (unpaired) electrons. The molecule has 0 amide bonds. The number of methoxy groups -OCH3 is 1. The van der Waals surface area contributed by atoms with Crippen molar-refractivity contribution in [3.8, 4) is 17.7 Å². The summed E-state index contributed by atoms with van der Waals surface area (Å²) in [5.74, 6) is 6.44. The van der Waals surface area contributed by atoms with Crippen LogP contribution in [-0.4, -0.2) is 22.8 Å². The van der Waals surface area contributed by atoms with Crippen molar-refractivity contribution in [2.75, 3.05) is 12.9 Å². The van der Waals surface area contributed by atoms with Gasteiger partial charge in [-0.2, -0.15) is 17.6 Å². The van der Waals surface area contributed by atoms with Crippen molar-refractivity contribution in [3.63, 3.8) is 0 Å². The third-order valence-electron chi connectivity index (χ3n) is 1.22. The Hall–Kier alpha value is -0.920. The zero-order valence-electron chi connectivity index (χ0n) is 6.91. The quantitative estimate of drug-likeness (QED) is 0.436. The molecule has 0 bridgehead atoms. The predicted octanol–water partition coefficient (Wildman–Crippen LogP) is 1.42. The van der Waals surface area contributed by atoms with E-state index in [1.165, 1.54) is 13.3 Å². The minimum atomic E-state index is 0.147. The number of aromatic nitrogens is 2. The van der Waals surface area contributed by atoms with Gasteiger partial charge in [-0.05, 0) is 11.6 Å². The molecule has 1 heterocycles. The molecule has 1 aromatic heterocycles. The van der Waals surface area contributed by atoms with Crippen LogP contribution in [0, 0.1) is 11.8 Å². The van der Waals surface area contributed by atoms with Gasteiger partial charge in [0.05, 0.1) is 19.1 Å². The van der Waals surface area contributed by atoms with Crippen LogP contribution in [0.1, 0.15) is 5.56 Å². The van der Waals surface area contributed by atoms with E-state index in [0.29, 0.717) is 17.2 Å². The molecule has 0 unspecified atom stereocenters. The van der Waals surface area contributed by atoms with Gasteiger partial charge in [0.15, 0.2) is 0 Å². The monoisotopic (exact) mass is 214 g/mol. The summed E-state index contributed by atoms with van der Waals surface area (Å²) in [6, 6.07) is 0. The van der Waals surface area contributed by atoms with Gasteiger partial charge >= 0.3 is 0 Å². The van der Waals surface area contributed by atoms with Crippen LogP contribution in [0.5, 0.6) is 5.88 Å². The molecule has 1 aromatic rings. The van der Waals surface area contributed by atoms with Crippen molar-refractivity contribution in [2.24, 2.45) is 0 Å². The lowest BCUT2D eigenvalue weighted by Crippen LogP contribution is -1.94. The molecule has 5 heteroatoms.